The molecule has 1 N–H and O–H groups in total. The lowest BCUT2D eigenvalue weighted by molar-refractivity contribution is -0.154. The number of hydrogen-bond acceptors (Lipinski definition) is 6. The van der Waals surface area contributed by atoms with Gasteiger partial charge in [0.25, 0.3) is 5.91 Å². The van der Waals surface area contributed by atoms with Crippen LogP contribution in [-0.4, -0.2) is 69.1 Å². The predicted octanol–water partition coefficient (Wildman–Crippen LogP) is 3.12. The SMILES string of the molecule is Cc1cccc(Cl)c1N1CC=C[C@]23S[C@@]4(C)C=CCCOC(=O)[C@H]4[C@H]2C(=O)N([C@H](C)CO)C3C1=O. The summed E-state index contributed by atoms with van der Waals surface area (Å²) in [5.74, 6) is -2.54. The molecule has 2 amide bonds. The highest BCUT2D eigenvalue weighted by atomic mass is 35.5. The molecule has 35 heavy (non-hydrogen) atoms. The number of amides is 2. The van der Waals surface area contributed by atoms with Gasteiger partial charge in [-0.1, -0.05) is 48.0 Å². The minimum Gasteiger partial charge on any atom is -0.465 e. The molecule has 1 aromatic carbocycles. The Morgan fingerprint density at radius 2 is 1.97 bits per heavy atom. The average Bonchev–Trinajstić information content (AvgIpc) is 3.14. The number of benzene rings is 1. The van der Waals surface area contributed by atoms with Crippen molar-refractivity contribution in [2.45, 2.75) is 48.8 Å². The molecule has 5 rings (SSSR count). The largest absolute Gasteiger partial charge is 0.465 e. The zero-order valence-electron chi connectivity index (χ0n) is 19.9. The summed E-state index contributed by atoms with van der Waals surface area (Å²) in [6.07, 6.45) is 8.43. The van der Waals surface area contributed by atoms with Crippen LogP contribution in [0.25, 0.3) is 0 Å². The number of nitrogens with zero attached hydrogens (tertiary/aromatic N) is 2. The summed E-state index contributed by atoms with van der Waals surface area (Å²) in [6, 6.07) is 3.95. The first kappa shape index (κ1) is 24.4. The summed E-state index contributed by atoms with van der Waals surface area (Å²) < 4.78 is 3.83. The van der Waals surface area contributed by atoms with Crippen LogP contribution >= 0.6 is 23.4 Å². The van der Waals surface area contributed by atoms with Crippen molar-refractivity contribution >= 4 is 46.8 Å². The minimum absolute atomic E-state index is 0.259. The number of carbonyl (C=O) groups is 3. The maximum Gasteiger partial charge on any atom is 0.311 e. The van der Waals surface area contributed by atoms with Gasteiger partial charge in [0.2, 0.25) is 5.91 Å². The van der Waals surface area contributed by atoms with Gasteiger partial charge in [-0.2, -0.15) is 0 Å². The Hall–Kier alpha value is -2.29. The molecule has 0 aromatic heterocycles. The van der Waals surface area contributed by atoms with Gasteiger partial charge >= 0.3 is 5.97 Å². The molecule has 0 aliphatic carbocycles. The number of anilines is 1. The van der Waals surface area contributed by atoms with Gasteiger partial charge in [0.05, 0.1) is 46.5 Å². The number of rotatable bonds is 3. The van der Waals surface area contributed by atoms with E-state index in [-0.39, 0.29) is 31.6 Å². The highest BCUT2D eigenvalue weighted by Crippen LogP contribution is 2.65. The number of cyclic esters (lactones) is 1. The molecular weight excluding hydrogens is 488 g/mol. The Morgan fingerprint density at radius 1 is 1.20 bits per heavy atom. The summed E-state index contributed by atoms with van der Waals surface area (Å²) in [5, 5.41) is 10.5. The second-order valence-corrected chi connectivity index (χ2v) is 12.1. The fourth-order valence-corrected chi connectivity index (χ4v) is 8.62. The zero-order chi connectivity index (χ0) is 25.1. The Labute approximate surface area is 214 Å². The van der Waals surface area contributed by atoms with Crippen LogP contribution in [0.2, 0.25) is 5.02 Å². The number of esters is 1. The number of para-hydroxylation sites is 1. The number of likely N-dealkylation sites (tertiary alicyclic amines) is 1. The number of aliphatic hydroxyl groups is 1. The molecule has 0 radical (unpaired) electrons. The third-order valence-corrected chi connectivity index (χ3v) is 9.76. The number of thioether (sulfide) groups is 1. The molecule has 0 bridgehead atoms. The van der Waals surface area contributed by atoms with Gasteiger partial charge < -0.3 is 19.6 Å². The summed E-state index contributed by atoms with van der Waals surface area (Å²) >= 11 is 8.04. The molecule has 1 unspecified atom stereocenters. The molecule has 2 fully saturated rings. The molecule has 186 valence electrons. The van der Waals surface area contributed by atoms with E-state index in [2.05, 4.69) is 0 Å². The number of halogens is 1. The van der Waals surface area contributed by atoms with E-state index in [4.69, 9.17) is 16.3 Å². The number of carbonyl (C=O) groups excluding carboxylic acids is 3. The van der Waals surface area contributed by atoms with E-state index in [1.165, 1.54) is 16.7 Å². The van der Waals surface area contributed by atoms with E-state index < -0.39 is 39.4 Å². The third-order valence-electron chi connectivity index (χ3n) is 7.66. The Kier molecular flexibility index (Phi) is 6.05. The van der Waals surface area contributed by atoms with E-state index in [1.54, 1.807) is 17.9 Å². The van der Waals surface area contributed by atoms with E-state index >= 15 is 0 Å². The van der Waals surface area contributed by atoms with Gasteiger partial charge in [-0.25, -0.2) is 0 Å². The topological polar surface area (TPSA) is 87.2 Å². The van der Waals surface area contributed by atoms with Crippen LogP contribution in [0.4, 0.5) is 5.69 Å². The Balaban J connectivity index is 1.70. The van der Waals surface area contributed by atoms with Gasteiger partial charge in [-0.3, -0.25) is 14.4 Å². The van der Waals surface area contributed by atoms with Crippen molar-refractivity contribution in [1.29, 1.82) is 0 Å². The fourth-order valence-electron chi connectivity index (χ4n) is 6.16. The molecule has 0 saturated carbocycles. The number of fused-ring (bicyclic) bond motifs is 2. The first-order valence-corrected chi connectivity index (χ1v) is 13.1. The lowest BCUT2D eigenvalue weighted by atomic mass is 9.74. The lowest BCUT2D eigenvalue weighted by Crippen LogP contribution is -2.56. The van der Waals surface area contributed by atoms with Crippen LogP contribution in [0.5, 0.6) is 0 Å². The molecule has 1 aromatic rings. The average molecular weight is 517 g/mol. The van der Waals surface area contributed by atoms with Crippen LogP contribution in [0.15, 0.2) is 42.5 Å². The van der Waals surface area contributed by atoms with Gasteiger partial charge in [-0.15, -0.1) is 11.8 Å². The quantitative estimate of drug-likeness (QED) is 0.490. The van der Waals surface area contributed by atoms with Crippen molar-refractivity contribution < 1.29 is 24.2 Å². The molecular formula is C26H29ClN2O5S. The summed E-state index contributed by atoms with van der Waals surface area (Å²) in [5.41, 5.74) is 1.45. The van der Waals surface area contributed by atoms with Crippen LogP contribution in [0, 0.1) is 18.8 Å². The molecule has 1 spiro atoms. The smallest absolute Gasteiger partial charge is 0.311 e. The van der Waals surface area contributed by atoms with E-state index in [1.807, 2.05) is 50.3 Å². The van der Waals surface area contributed by atoms with Crippen molar-refractivity contribution in [2.75, 3.05) is 24.7 Å². The van der Waals surface area contributed by atoms with Crippen molar-refractivity contribution in [3.8, 4) is 0 Å². The van der Waals surface area contributed by atoms with Crippen molar-refractivity contribution in [3.63, 3.8) is 0 Å². The summed E-state index contributed by atoms with van der Waals surface area (Å²) in [7, 11) is 0. The van der Waals surface area contributed by atoms with Gasteiger partial charge in [0.1, 0.15) is 6.04 Å². The second-order valence-electron chi connectivity index (χ2n) is 9.89. The number of ether oxygens (including phenoxy) is 1. The summed E-state index contributed by atoms with van der Waals surface area (Å²) in [4.78, 5) is 44.8. The highest BCUT2D eigenvalue weighted by molar-refractivity contribution is 8.02. The molecule has 9 heteroatoms. The second kappa shape index (κ2) is 8.68. The van der Waals surface area contributed by atoms with Gasteiger partial charge in [0, 0.05) is 11.3 Å². The third kappa shape index (κ3) is 3.48. The maximum atomic E-state index is 14.4. The van der Waals surface area contributed by atoms with Crippen molar-refractivity contribution in [1.82, 2.24) is 4.90 Å². The molecule has 2 saturated heterocycles. The lowest BCUT2D eigenvalue weighted by Gasteiger charge is -2.39. The Morgan fingerprint density at radius 3 is 2.69 bits per heavy atom. The van der Waals surface area contributed by atoms with Gasteiger partial charge in [0.15, 0.2) is 0 Å². The van der Waals surface area contributed by atoms with Crippen LogP contribution in [0.3, 0.4) is 0 Å². The zero-order valence-corrected chi connectivity index (χ0v) is 21.5. The minimum atomic E-state index is -0.991. The first-order valence-electron chi connectivity index (χ1n) is 11.9. The van der Waals surface area contributed by atoms with E-state index in [0.717, 1.165) is 5.56 Å². The van der Waals surface area contributed by atoms with Crippen LogP contribution in [-0.2, 0) is 19.1 Å². The van der Waals surface area contributed by atoms with Crippen molar-refractivity contribution in [3.05, 3.63) is 53.1 Å². The molecule has 7 nitrogen and oxygen atoms in total. The number of hydrogen-bond donors (Lipinski definition) is 1. The highest BCUT2D eigenvalue weighted by Gasteiger charge is 2.74. The van der Waals surface area contributed by atoms with E-state index in [9.17, 15) is 19.5 Å². The molecule has 4 aliphatic heterocycles. The first-order chi connectivity index (χ1) is 16.7. The normalized spacial score (nSPS) is 35.1. The number of aliphatic hydroxyl groups excluding tert-OH is 1. The van der Waals surface area contributed by atoms with Crippen LogP contribution in [0.1, 0.15) is 25.8 Å². The predicted molar refractivity (Wildman–Crippen MR) is 135 cm³/mol. The Bertz CT molecular complexity index is 1130. The molecule has 4 aliphatic rings. The van der Waals surface area contributed by atoms with E-state index in [0.29, 0.717) is 17.1 Å². The monoisotopic (exact) mass is 516 g/mol. The summed E-state index contributed by atoms with van der Waals surface area (Å²) in [6.45, 7) is 5.80. The maximum absolute atomic E-state index is 14.4. The van der Waals surface area contributed by atoms with Crippen LogP contribution < -0.4 is 4.90 Å². The standard InChI is InChI=1S/C26H29ClN2O5S/c1-15-8-6-9-17(27)20(15)28-12-7-11-26-18(22(31)29(16(2)14-30)21(26)23(28)32)19-24(33)34-13-5-4-10-25(19,3)35-26/h4,6-11,16,18-19,21,30H,5,12-14H2,1-3H3/t16-,18+,19-,21?,25+,26+/m1/s1. The van der Waals surface area contributed by atoms with Gasteiger partial charge in [-0.05, 0) is 38.8 Å². The molecule has 6 atom stereocenters. The van der Waals surface area contributed by atoms with Crippen molar-refractivity contribution in [2.24, 2.45) is 11.8 Å². The fraction of sp³-hybridized carbons (Fsp3) is 0.500. The number of aryl methyl sites for hydroxylation is 1. The molecule has 4 heterocycles.